The van der Waals surface area contributed by atoms with Gasteiger partial charge in [-0.1, -0.05) is 35.4 Å². The normalized spacial score (nSPS) is 17.7. The standard InChI is InChI=1S/C20H22N2O3/c1-14-3-7-16(8-4-14)21-11-12-22(17-9-5-15(2)6-10-17)20(25)18(21)13-19(23)24/h3-10,18H,11-13H2,1-2H3,(H,23,24)/p-1/t18-/m1/s1. The molecule has 0 spiro atoms. The van der Waals surface area contributed by atoms with E-state index in [2.05, 4.69) is 0 Å². The van der Waals surface area contributed by atoms with E-state index in [0.29, 0.717) is 13.1 Å². The summed E-state index contributed by atoms with van der Waals surface area (Å²) in [4.78, 5) is 27.7. The van der Waals surface area contributed by atoms with Crippen molar-refractivity contribution in [3.8, 4) is 0 Å². The van der Waals surface area contributed by atoms with Gasteiger partial charge in [-0.25, -0.2) is 0 Å². The second kappa shape index (κ2) is 6.97. The second-order valence-corrected chi connectivity index (χ2v) is 6.45. The molecule has 1 fully saturated rings. The molecule has 1 atom stereocenters. The van der Waals surface area contributed by atoms with Crippen LogP contribution >= 0.6 is 0 Å². The number of piperazine rings is 1. The van der Waals surface area contributed by atoms with Crippen LogP contribution in [0.2, 0.25) is 0 Å². The van der Waals surface area contributed by atoms with Crippen molar-refractivity contribution in [1.29, 1.82) is 0 Å². The number of hydrogen-bond donors (Lipinski definition) is 0. The summed E-state index contributed by atoms with van der Waals surface area (Å²) in [6, 6.07) is 14.7. The molecule has 3 rings (SSSR count). The summed E-state index contributed by atoms with van der Waals surface area (Å²) in [5.41, 5.74) is 3.88. The minimum absolute atomic E-state index is 0.208. The van der Waals surface area contributed by atoms with Gasteiger partial charge < -0.3 is 19.7 Å². The van der Waals surface area contributed by atoms with E-state index >= 15 is 0 Å². The number of carbonyl (C=O) groups is 2. The predicted octanol–water partition coefficient (Wildman–Crippen LogP) is 1.67. The van der Waals surface area contributed by atoms with Crippen molar-refractivity contribution in [2.45, 2.75) is 26.3 Å². The van der Waals surface area contributed by atoms with E-state index in [-0.39, 0.29) is 12.3 Å². The molecule has 130 valence electrons. The van der Waals surface area contributed by atoms with E-state index < -0.39 is 12.0 Å². The third kappa shape index (κ3) is 3.65. The fraction of sp³-hybridized carbons (Fsp3) is 0.300. The van der Waals surface area contributed by atoms with Crippen LogP contribution in [-0.2, 0) is 9.59 Å². The molecule has 1 aliphatic heterocycles. The molecule has 0 aliphatic carbocycles. The summed E-state index contributed by atoms with van der Waals surface area (Å²) in [5, 5.41) is 11.2. The molecule has 1 amide bonds. The van der Waals surface area contributed by atoms with Gasteiger partial charge in [0.05, 0.1) is 0 Å². The fourth-order valence-electron chi connectivity index (χ4n) is 3.17. The zero-order valence-corrected chi connectivity index (χ0v) is 14.4. The molecule has 0 N–H and O–H groups in total. The van der Waals surface area contributed by atoms with Crippen molar-refractivity contribution < 1.29 is 14.7 Å². The number of hydrogen-bond acceptors (Lipinski definition) is 4. The Labute approximate surface area is 147 Å². The third-order valence-corrected chi connectivity index (χ3v) is 4.56. The molecule has 0 radical (unpaired) electrons. The lowest BCUT2D eigenvalue weighted by Crippen LogP contribution is -2.59. The highest BCUT2D eigenvalue weighted by Gasteiger charge is 2.35. The first kappa shape index (κ1) is 17.0. The number of benzene rings is 2. The topological polar surface area (TPSA) is 63.7 Å². The quantitative estimate of drug-likeness (QED) is 0.851. The zero-order valence-electron chi connectivity index (χ0n) is 14.4. The van der Waals surface area contributed by atoms with Crippen LogP contribution in [0.4, 0.5) is 11.4 Å². The molecule has 5 nitrogen and oxygen atoms in total. The molecule has 1 saturated heterocycles. The average molecular weight is 337 g/mol. The molecule has 2 aromatic rings. The van der Waals surface area contributed by atoms with Crippen molar-refractivity contribution in [1.82, 2.24) is 0 Å². The number of carbonyl (C=O) groups excluding carboxylic acids is 2. The van der Waals surface area contributed by atoms with Gasteiger partial charge in [0.2, 0.25) is 5.91 Å². The number of amides is 1. The molecule has 25 heavy (non-hydrogen) atoms. The summed E-state index contributed by atoms with van der Waals surface area (Å²) in [5.74, 6) is -1.43. The number of aliphatic carboxylic acids is 1. The molecule has 0 aromatic heterocycles. The van der Waals surface area contributed by atoms with Gasteiger partial charge in [-0.15, -0.1) is 0 Å². The number of nitrogens with zero attached hydrogens (tertiary/aromatic N) is 2. The first-order valence-corrected chi connectivity index (χ1v) is 8.37. The van der Waals surface area contributed by atoms with Crippen molar-refractivity contribution in [3.05, 3.63) is 59.7 Å². The summed E-state index contributed by atoms with van der Waals surface area (Å²) in [7, 11) is 0. The van der Waals surface area contributed by atoms with Gasteiger partial charge in [0, 0.05) is 36.9 Å². The zero-order chi connectivity index (χ0) is 18.0. The maximum atomic E-state index is 13.0. The van der Waals surface area contributed by atoms with Crippen LogP contribution in [0.25, 0.3) is 0 Å². The Hall–Kier alpha value is -2.82. The molecule has 1 aliphatic rings. The van der Waals surface area contributed by atoms with E-state index in [1.807, 2.05) is 67.3 Å². The molecule has 0 unspecified atom stereocenters. The molecule has 0 bridgehead atoms. The SMILES string of the molecule is Cc1ccc(N2CCN(c3ccc(C)cc3)[C@H](CC(=O)[O-])C2=O)cc1. The van der Waals surface area contributed by atoms with Crippen LogP contribution in [0.3, 0.4) is 0 Å². The van der Waals surface area contributed by atoms with Gasteiger partial charge >= 0.3 is 0 Å². The average Bonchev–Trinajstić information content (AvgIpc) is 2.58. The number of rotatable bonds is 4. The number of aryl methyl sites for hydroxylation is 2. The Bertz CT molecular complexity index is 769. The van der Waals surface area contributed by atoms with E-state index in [4.69, 9.17) is 0 Å². The van der Waals surface area contributed by atoms with Gasteiger partial charge in [0.25, 0.3) is 0 Å². The highest BCUT2D eigenvalue weighted by molar-refractivity contribution is 6.02. The Morgan fingerprint density at radius 2 is 1.48 bits per heavy atom. The van der Waals surface area contributed by atoms with Gasteiger partial charge in [0.15, 0.2) is 0 Å². The van der Waals surface area contributed by atoms with Crippen LogP contribution in [-0.4, -0.2) is 31.0 Å². The predicted molar refractivity (Wildman–Crippen MR) is 95.5 cm³/mol. The fourth-order valence-corrected chi connectivity index (χ4v) is 3.17. The molecule has 0 saturated carbocycles. The highest BCUT2D eigenvalue weighted by atomic mass is 16.4. The van der Waals surface area contributed by atoms with Crippen LogP contribution in [0, 0.1) is 13.8 Å². The largest absolute Gasteiger partial charge is 0.550 e. The Kier molecular flexibility index (Phi) is 4.74. The van der Waals surface area contributed by atoms with Crippen LogP contribution < -0.4 is 14.9 Å². The van der Waals surface area contributed by atoms with E-state index in [9.17, 15) is 14.7 Å². The lowest BCUT2D eigenvalue weighted by atomic mass is 10.0. The second-order valence-electron chi connectivity index (χ2n) is 6.45. The van der Waals surface area contributed by atoms with Crippen molar-refractivity contribution in [2.75, 3.05) is 22.9 Å². The lowest BCUT2D eigenvalue weighted by molar-refractivity contribution is -0.306. The van der Waals surface area contributed by atoms with E-state index in [1.54, 1.807) is 4.90 Å². The molecule has 5 heteroatoms. The molecular weight excluding hydrogens is 316 g/mol. The number of carboxylic acid groups (broad SMARTS) is 1. The maximum Gasteiger partial charge on any atom is 0.250 e. The minimum Gasteiger partial charge on any atom is -0.550 e. The van der Waals surface area contributed by atoms with Gasteiger partial charge in [-0.2, -0.15) is 0 Å². The summed E-state index contributed by atoms with van der Waals surface area (Å²) >= 11 is 0. The van der Waals surface area contributed by atoms with Crippen LogP contribution in [0.5, 0.6) is 0 Å². The minimum atomic E-state index is -1.22. The van der Waals surface area contributed by atoms with E-state index in [1.165, 1.54) is 0 Å². The van der Waals surface area contributed by atoms with Crippen LogP contribution in [0.1, 0.15) is 17.5 Å². The van der Waals surface area contributed by atoms with Crippen molar-refractivity contribution >= 4 is 23.3 Å². The molecular formula is C20H21N2O3-. The van der Waals surface area contributed by atoms with Gasteiger partial charge in [-0.3, -0.25) is 4.79 Å². The Morgan fingerprint density at radius 1 is 0.960 bits per heavy atom. The molecule has 1 heterocycles. The smallest absolute Gasteiger partial charge is 0.250 e. The monoisotopic (exact) mass is 337 g/mol. The Morgan fingerprint density at radius 3 is 2.00 bits per heavy atom. The van der Waals surface area contributed by atoms with Gasteiger partial charge in [0.1, 0.15) is 6.04 Å². The first-order chi connectivity index (χ1) is 12.0. The summed E-state index contributed by atoms with van der Waals surface area (Å²) in [6.45, 7) is 5.06. The lowest BCUT2D eigenvalue weighted by Gasteiger charge is -2.42. The summed E-state index contributed by atoms with van der Waals surface area (Å²) in [6.07, 6.45) is -0.324. The number of carboxylic acids is 1. The summed E-state index contributed by atoms with van der Waals surface area (Å²) < 4.78 is 0. The highest BCUT2D eigenvalue weighted by Crippen LogP contribution is 2.27. The third-order valence-electron chi connectivity index (χ3n) is 4.56. The van der Waals surface area contributed by atoms with Crippen molar-refractivity contribution in [3.63, 3.8) is 0 Å². The Balaban J connectivity index is 1.90. The van der Waals surface area contributed by atoms with E-state index in [0.717, 1.165) is 22.5 Å². The van der Waals surface area contributed by atoms with Crippen molar-refractivity contribution in [2.24, 2.45) is 0 Å². The maximum absolute atomic E-state index is 13.0. The first-order valence-electron chi connectivity index (χ1n) is 8.37. The number of anilines is 2. The van der Waals surface area contributed by atoms with Crippen LogP contribution in [0.15, 0.2) is 48.5 Å². The molecule has 2 aromatic carbocycles. The van der Waals surface area contributed by atoms with Gasteiger partial charge in [-0.05, 0) is 38.1 Å².